The fourth-order valence-corrected chi connectivity index (χ4v) is 1.92. The van der Waals surface area contributed by atoms with Crippen molar-refractivity contribution >= 4 is 6.08 Å². The molecular weight excluding hydrogens is 186 g/mol. The number of rotatable bonds is 3. The molecule has 0 spiro atoms. The second-order valence-electron chi connectivity index (χ2n) is 3.87. The van der Waals surface area contributed by atoms with Gasteiger partial charge >= 0.3 is 0 Å². The van der Waals surface area contributed by atoms with Crippen LogP contribution < -0.4 is 5.73 Å². The van der Waals surface area contributed by atoms with Gasteiger partial charge < -0.3 is 10.5 Å². The quantitative estimate of drug-likeness (QED) is 0.817. The number of nitrogens with two attached hydrogens (primary N) is 1. The molecule has 2 heteroatoms. The van der Waals surface area contributed by atoms with Crippen molar-refractivity contribution in [3.05, 3.63) is 41.5 Å². The number of hydrogen-bond donors (Lipinski definition) is 1. The molecule has 2 rings (SSSR count). The van der Waals surface area contributed by atoms with Gasteiger partial charge in [0.25, 0.3) is 0 Å². The van der Waals surface area contributed by atoms with Gasteiger partial charge in [-0.25, -0.2) is 0 Å². The van der Waals surface area contributed by atoms with E-state index < -0.39 is 0 Å². The maximum absolute atomic E-state index is 5.43. The normalized spacial score (nSPS) is 21.3. The lowest BCUT2D eigenvalue weighted by Crippen LogP contribution is -1.97. The highest BCUT2D eigenvalue weighted by Gasteiger charge is 2.17. The van der Waals surface area contributed by atoms with Gasteiger partial charge in [-0.2, -0.15) is 0 Å². The zero-order valence-corrected chi connectivity index (χ0v) is 8.86. The van der Waals surface area contributed by atoms with Gasteiger partial charge in [0, 0.05) is 19.1 Å². The molecule has 1 atom stereocenters. The van der Waals surface area contributed by atoms with Crippen LogP contribution in [0.2, 0.25) is 0 Å². The van der Waals surface area contributed by atoms with Crippen molar-refractivity contribution < 1.29 is 4.74 Å². The Balaban J connectivity index is 2.14. The minimum absolute atomic E-state index is 0.580. The monoisotopic (exact) mass is 203 g/mol. The summed E-state index contributed by atoms with van der Waals surface area (Å²) in [5, 5.41) is 0. The van der Waals surface area contributed by atoms with E-state index in [9.17, 15) is 0 Å². The average molecular weight is 203 g/mol. The van der Waals surface area contributed by atoms with Crippen LogP contribution in [-0.2, 0) is 4.74 Å². The summed E-state index contributed by atoms with van der Waals surface area (Å²) in [7, 11) is 0. The van der Waals surface area contributed by atoms with Crippen molar-refractivity contribution in [3.8, 4) is 0 Å². The first-order valence-corrected chi connectivity index (χ1v) is 5.44. The van der Waals surface area contributed by atoms with Gasteiger partial charge in [0.1, 0.15) is 0 Å². The van der Waals surface area contributed by atoms with Crippen molar-refractivity contribution in [3.63, 3.8) is 0 Å². The molecule has 1 fully saturated rings. The average Bonchev–Trinajstić information content (AvgIpc) is 2.80. The summed E-state index contributed by atoms with van der Waals surface area (Å²) in [5.41, 5.74) is 8.04. The maximum atomic E-state index is 5.43. The van der Waals surface area contributed by atoms with Gasteiger partial charge in [0.15, 0.2) is 0 Å². The zero-order chi connectivity index (χ0) is 10.5. The summed E-state index contributed by atoms with van der Waals surface area (Å²) in [5.74, 6) is 0.580. The first-order chi connectivity index (χ1) is 7.40. The van der Waals surface area contributed by atoms with E-state index in [0.717, 1.165) is 19.6 Å². The molecule has 0 radical (unpaired) electrons. The molecule has 1 heterocycles. The lowest BCUT2D eigenvalue weighted by atomic mass is 9.97. The second-order valence-corrected chi connectivity index (χ2v) is 3.87. The molecule has 2 N–H and O–H groups in total. The summed E-state index contributed by atoms with van der Waals surface area (Å²) < 4.78 is 5.39. The van der Waals surface area contributed by atoms with Gasteiger partial charge in [0.05, 0.1) is 6.61 Å². The number of ether oxygens (including phenoxy) is 1. The Morgan fingerprint density at radius 3 is 3.13 bits per heavy atom. The molecule has 0 aromatic heterocycles. The zero-order valence-electron chi connectivity index (χ0n) is 8.86. The van der Waals surface area contributed by atoms with E-state index in [0.29, 0.717) is 12.5 Å². The molecule has 80 valence electrons. The number of hydrogen-bond acceptors (Lipinski definition) is 2. The van der Waals surface area contributed by atoms with Gasteiger partial charge in [-0.05, 0) is 17.5 Å². The van der Waals surface area contributed by atoms with Gasteiger partial charge in [-0.3, -0.25) is 0 Å². The standard InChI is InChI=1S/C13H17NO/c14-7-2-4-11-3-1-5-12(9-11)13-6-8-15-10-13/h1-5,9,13H,6-8,10,14H2/b4-2+. The van der Waals surface area contributed by atoms with Crippen LogP contribution in [0.1, 0.15) is 23.5 Å². The lowest BCUT2D eigenvalue weighted by Gasteiger charge is -2.08. The largest absolute Gasteiger partial charge is 0.381 e. The molecule has 1 saturated heterocycles. The third kappa shape index (κ3) is 2.67. The molecule has 0 saturated carbocycles. The van der Waals surface area contributed by atoms with E-state index in [4.69, 9.17) is 10.5 Å². The topological polar surface area (TPSA) is 35.2 Å². The molecule has 0 bridgehead atoms. The molecule has 15 heavy (non-hydrogen) atoms. The van der Waals surface area contributed by atoms with E-state index in [1.54, 1.807) is 0 Å². The van der Waals surface area contributed by atoms with Crippen molar-refractivity contribution in [2.75, 3.05) is 19.8 Å². The summed E-state index contributed by atoms with van der Waals surface area (Å²) in [6.45, 7) is 2.36. The molecular formula is C13H17NO. The summed E-state index contributed by atoms with van der Waals surface area (Å²) in [6.07, 6.45) is 5.19. The van der Waals surface area contributed by atoms with E-state index in [-0.39, 0.29) is 0 Å². The van der Waals surface area contributed by atoms with E-state index in [1.165, 1.54) is 11.1 Å². The fraction of sp³-hybridized carbons (Fsp3) is 0.385. The van der Waals surface area contributed by atoms with Crippen molar-refractivity contribution in [2.24, 2.45) is 5.73 Å². The van der Waals surface area contributed by atoms with E-state index in [1.807, 2.05) is 6.08 Å². The smallest absolute Gasteiger partial charge is 0.0535 e. The van der Waals surface area contributed by atoms with Crippen LogP contribution in [0.5, 0.6) is 0 Å². The second kappa shape index (κ2) is 5.10. The summed E-state index contributed by atoms with van der Waals surface area (Å²) in [4.78, 5) is 0. The summed E-state index contributed by atoms with van der Waals surface area (Å²) >= 11 is 0. The van der Waals surface area contributed by atoms with Crippen LogP contribution in [0.3, 0.4) is 0 Å². The van der Waals surface area contributed by atoms with Crippen LogP contribution in [-0.4, -0.2) is 19.8 Å². The fourth-order valence-electron chi connectivity index (χ4n) is 1.92. The predicted molar refractivity (Wildman–Crippen MR) is 62.7 cm³/mol. The molecule has 1 aromatic carbocycles. The summed E-state index contributed by atoms with van der Waals surface area (Å²) in [6, 6.07) is 8.61. The molecule has 0 amide bonds. The van der Waals surface area contributed by atoms with Crippen LogP contribution in [0, 0.1) is 0 Å². The Kier molecular flexibility index (Phi) is 3.54. The van der Waals surface area contributed by atoms with Crippen LogP contribution in [0.25, 0.3) is 6.08 Å². The Morgan fingerprint density at radius 2 is 2.40 bits per heavy atom. The third-order valence-electron chi connectivity index (χ3n) is 2.76. The molecule has 1 unspecified atom stereocenters. The lowest BCUT2D eigenvalue weighted by molar-refractivity contribution is 0.194. The maximum Gasteiger partial charge on any atom is 0.0535 e. The Hall–Kier alpha value is -1.12. The Labute approximate surface area is 90.7 Å². The van der Waals surface area contributed by atoms with E-state index >= 15 is 0 Å². The SMILES string of the molecule is NC/C=C/c1cccc(C2CCOC2)c1. The van der Waals surface area contributed by atoms with Gasteiger partial charge in [-0.15, -0.1) is 0 Å². The first kappa shape index (κ1) is 10.4. The third-order valence-corrected chi connectivity index (χ3v) is 2.76. The molecule has 0 aliphatic carbocycles. The number of benzene rings is 1. The molecule has 1 aliphatic heterocycles. The highest BCUT2D eigenvalue weighted by molar-refractivity contribution is 5.50. The Morgan fingerprint density at radius 1 is 1.47 bits per heavy atom. The molecule has 2 nitrogen and oxygen atoms in total. The minimum Gasteiger partial charge on any atom is -0.381 e. The van der Waals surface area contributed by atoms with Crippen molar-refractivity contribution in [2.45, 2.75) is 12.3 Å². The minimum atomic E-state index is 0.580. The Bertz CT molecular complexity index is 340. The van der Waals surface area contributed by atoms with Crippen LogP contribution in [0.15, 0.2) is 30.3 Å². The van der Waals surface area contributed by atoms with Crippen molar-refractivity contribution in [1.29, 1.82) is 0 Å². The highest BCUT2D eigenvalue weighted by atomic mass is 16.5. The molecule has 1 aromatic rings. The van der Waals surface area contributed by atoms with Gasteiger partial charge in [0.2, 0.25) is 0 Å². The van der Waals surface area contributed by atoms with Crippen LogP contribution >= 0.6 is 0 Å². The van der Waals surface area contributed by atoms with Crippen LogP contribution in [0.4, 0.5) is 0 Å². The van der Waals surface area contributed by atoms with Crippen molar-refractivity contribution in [1.82, 2.24) is 0 Å². The van der Waals surface area contributed by atoms with Gasteiger partial charge in [-0.1, -0.05) is 36.4 Å². The van der Waals surface area contributed by atoms with E-state index in [2.05, 4.69) is 30.3 Å². The molecule has 1 aliphatic rings. The first-order valence-electron chi connectivity index (χ1n) is 5.44. The predicted octanol–water partition coefficient (Wildman–Crippen LogP) is 2.16. The highest BCUT2D eigenvalue weighted by Crippen LogP contribution is 2.25.